The first-order chi connectivity index (χ1) is 20.2. The van der Waals surface area contributed by atoms with Crippen molar-refractivity contribution in [3.8, 4) is 17.2 Å². The van der Waals surface area contributed by atoms with Gasteiger partial charge >= 0.3 is 6.03 Å². The second-order valence-corrected chi connectivity index (χ2v) is 10.8. The second-order valence-electron chi connectivity index (χ2n) is 10.8. The number of benzene rings is 3. The Hall–Kier alpha value is -4.35. The SMILES string of the molecule is C[C@@H]1CN([C@H](C)CO)C(=O)c2cc(NC(=O)Nc3ccc(F)cc3)ccc2O[C@H]1CN(C)Cc1ccc2c(c1)OCO2. The first-order valence-electron chi connectivity index (χ1n) is 13.8. The first kappa shape index (κ1) is 29.2. The van der Waals surface area contributed by atoms with Crippen molar-refractivity contribution in [2.45, 2.75) is 32.5 Å². The Kier molecular flexibility index (Phi) is 8.79. The van der Waals surface area contributed by atoms with Crippen LogP contribution in [0.15, 0.2) is 60.7 Å². The van der Waals surface area contributed by atoms with Crippen molar-refractivity contribution < 1.29 is 33.3 Å². The van der Waals surface area contributed by atoms with Crippen molar-refractivity contribution in [3.63, 3.8) is 0 Å². The zero-order valence-corrected chi connectivity index (χ0v) is 23.8. The number of hydrogen-bond acceptors (Lipinski definition) is 7. The number of carbonyl (C=O) groups is 2. The van der Waals surface area contributed by atoms with Crippen LogP contribution in [0.3, 0.4) is 0 Å². The van der Waals surface area contributed by atoms with Crippen molar-refractivity contribution in [1.29, 1.82) is 0 Å². The minimum absolute atomic E-state index is 0.0467. The summed E-state index contributed by atoms with van der Waals surface area (Å²) in [4.78, 5) is 30.1. The molecule has 0 spiro atoms. The van der Waals surface area contributed by atoms with E-state index in [4.69, 9.17) is 14.2 Å². The molecule has 10 nitrogen and oxygen atoms in total. The fourth-order valence-electron chi connectivity index (χ4n) is 5.07. The van der Waals surface area contributed by atoms with Crippen LogP contribution in [0.2, 0.25) is 0 Å². The van der Waals surface area contributed by atoms with E-state index in [0.717, 1.165) is 17.1 Å². The number of aliphatic hydroxyl groups excluding tert-OH is 1. The third-order valence-electron chi connectivity index (χ3n) is 7.41. The summed E-state index contributed by atoms with van der Waals surface area (Å²) < 4.78 is 30.6. The number of fused-ring (bicyclic) bond motifs is 2. The molecular formula is C31H35FN4O6. The Morgan fingerprint density at radius 2 is 1.74 bits per heavy atom. The lowest BCUT2D eigenvalue weighted by Gasteiger charge is -2.38. The number of hydrogen-bond donors (Lipinski definition) is 3. The monoisotopic (exact) mass is 578 g/mol. The topological polar surface area (TPSA) is 113 Å². The lowest BCUT2D eigenvalue weighted by atomic mass is 9.99. The Morgan fingerprint density at radius 3 is 2.50 bits per heavy atom. The molecule has 2 heterocycles. The molecule has 0 saturated carbocycles. The number of likely N-dealkylation sites (N-methyl/N-ethyl adjacent to an activating group) is 1. The Bertz CT molecular complexity index is 1440. The van der Waals surface area contributed by atoms with Crippen LogP contribution in [0.5, 0.6) is 17.2 Å². The van der Waals surface area contributed by atoms with Crippen LogP contribution in [0, 0.1) is 11.7 Å². The Morgan fingerprint density at radius 1 is 1.05 bits per heavy atom. The van der Waals surface area contributed by atoms with Gasteiger partial charge in [0.15, 0.2) is 11.5 Å². The highest BCUT2D eigenvalue weighted by Gasteiger charge is 2.33. The van der Waals surface area contributed by atoms with Crippen LogP contribution in [0.1, 0.15) is 29.8 Å². The molecule has 0 saturated heterocycles. The molecule has 3 aromatic carbocycles. The maximum absolute atomic E-state index is 13.7. The van der Waals surface area contributed by atoms with Gasteiger partial charge < -0.3 is 34.9 Å². The molecule has 0 aliphatic carbocycles. The summed E-state index contributed by atoms with van der Waals surface area (Å²) in [6.07, 6.45) is -0.273. The number of ether oxygens (including phenoxy) is 3. The predicted octanol–water partition coefficient (Wildman–Crippen LogP) is 4.55. The van der Waals surface area contributed by atoms with Gasteiger partial charge in [-0.2, -0.15) is 0 Å². The van der Waals surface area contributed by atoms with Gasteiger partial charge in [0.25, 0.3) is 5.91 Å². The summed E-state index contributed by atoms with van der Waals surface area (Å²) in [7, 11) is 2.01. The number of nitrogens with zero attached hydrogens (tertiary/aromatic N) is 2. The predicted molar refractivity (Wildman–Crippen MR) is 156 cm³/mol. The van der Waals surface area contributed by atoms with E-state index in [0.29, 0.717) is 36.8 Å². The highest BCUT2D eigenvalue weighted by molar-refractivity contribution is 6.02. The quantitative estimate of drug-likeness (QED) is 0.360. The average Bonchev–Trinajstić information content (AvgIpc) is 3.44. The normalized spacial score (nSPS) is 18.5. The molecule has 3 aromatic rings. The van der Waals surface area contributed by atoms with E-state index in [1.807, 2.05) is 32.2 Å². The number of carbonyl (C=O) groups excluding carboxylic acids is 2. The largest absolute Gasteiger partial charge is 0.488 e. The second kappa shape index (κ2) is 12.7. The molecule has 3 amide bonds. The molecule has 2 aliphatic heterocycles. The summed E-state index contributed by atoms with van der Waals surface area (Å²) in [6, 6.07) is 15.2. The van der Waals surface area contributed by atoms with Gasteiger partial charge in [-0.3, -0.25) is 9.69 Å². The van der Waals surface area contributed by atoms with Gasteiger partial charge in [-0.1, -0.05) is 13.0 Å². The lowest BCUT2D eigenvalue weighted by Crippen LogP contribution is -2.49. The van der Waals surface area contributed by atoms with E-state index >= 15 is 0 Å². The molecule has 0 unspecified atom stereocenters. The molecule has 0 bridgehead atoms. The van der Waals surface area contributed by atoms with Crippen molar-refractivity contribution in [3.05, 3.63) is 77.6 Å². The highest BCUT2D eigenvalue weighted by Crippen LogP contribution is 2.34. The van der Waals surface area contributed by atoms with E-state index < -0.39 is 17.9 Å². The van der Waals surface area contributed by atoms with Crippen LogP contribution >= 0.6 is 0 Å². The summed E-state index contributed by atoms with van der Waals surface area (Å²) in [6.45, 7) is 5.46. The van der Waals surface area contributed by atoms with E-state index in [9.17, 15) is 19.1 Å². The molecule has 0 radical (unpaired) electrons. The van der Waals surface area contributed by atoms with Crippen molar-refractivity contribution in [2.75, 3.05) is 44.2 Å². The van der Waals surface area contributed by atoms with E-state index in [1.54, 1.807) is 30.0 Å². The van der Waals surface area contributed by atoms with Crippen molar-refractivity contribution >= 4 is 23.3 Å². The van der Waals surface area contributed by atoms with Crippen LogP contribution < -0.4 is 24.8 Å². The van der Waals surface area contributed by atoms with Gasteiger partial charge in [0.2, 0.25) is 6.79 Å². The van der Waals surface area contributed by atoms with E-state index in [1.165, 1.54) is 24.3 Å². The average molecular weight is 579 g/mol. The molecule has 222 valence electrons. The zero-order valence-electron chi connectivity index (χ0n) is 23.8. The minimum atomic E-state index is -0.544. The van der Waals surface area contributed by atoms with Gasteiger partial charge in [0.1, 0.15) is 17.7 Å². The van der Waals surface area contributed by atoms with Crippen molar-refractivity contribution in [2.24, 2.45) is 5.92 Å². The van der Waals surface area contributed by atoms with E-state index in [-0.39, 0.29) is 36.9 Å². The summed E-state index contributed by atoms with van der Waals surface area (Å²) in [5.41, 5.74) is 2.16. The summed E-state index contributed by atoms with van der Waals surface area (Å²) in [5.74, 6) is 1.11. The zero-order chi connectivity index (χ0) is 29.8. The molecule has 0 fully saturated rings. The van der Waals surface area contributed by atoms with Crippen LogP contribution in [0.4, 0.5) is 20.6 Å². The van der Waals surface area contributed by atoms with Gasteiger partial charge in [-0.15, -0.1) is 0 Å². The van der Waals surface area contributed by atoms with Gasteiger partial charge in [0.05, 0.1) is 18.2 Å². The van der Waals surface area contributed by atoms with Gasteiger partial charge in [-0.25, -0.2) is 9.18 Å². The van der Waals surface area contributed by atoms with Gasteiger partial charge in [0, 0.05) is 36.9 Å². The smallest absolute Gasteiger partial charge is 0.323 e. The molecule has 5 rings (SSSR count). The summed E-state index contributed by atoms with van der Waals surface area (Å²) >= 11 is 0. The molecule has 11 heteroatoms. The van der Waals surface area contributed by atoms with Crippen LogP contribution in [-0.4, -0.2) is 72.5 Å². The maximum atomic E-state index is 13.7. The lowest BCUT2D eigenvalue weighted by molar-refractivity contribution is 0.0341. The third kappa shape index (κ3) is 6.75. The summed E-state index contributed by atoms with van der Waals surface area (Å²) in [5, 5.41) is 15.3. The van der Waals surface area contributed by atoms with Gasteiger partial charge in [-0.05, 0) is 74.1 Å². The number of nitrogens with one attached hydrogen (secondary N) is 2. The van der Waals surface area contributed by atoms with Crippen LogP contribution in [-0.2, 0) is 6.54 Å². The highest BCUT2D eigenvalue weighted by atomic mass is 19.1. The number of rotatable bonds is 8. The molecular weight excluding hydrogens is 543 g/mol. The molecule has 2 aliphatic rings. The maximum Gasteiger partial charge on any atom is 0.323 e. The molecule has 3 N–H and O–H groups in total. The van der Waals surface area contributed by atoms with Crippen LogP contribution in [0.25, 0.3) is 0 Å². The van der Waals surface area contributed by atoms with E-state index in [2.05, 4.69) is 15.5 Å². The Balaban J connectivity index is 1.34. The fraction of sp³-hybridized carbons (Fsp3) is 0.355. The first-order valence-corrected chi connectivity index (χ1v) is 13.8. The number of amides is 3. The number of anilines is 2. The number of urea groups is 1. The standard InChI is InChI=1S/C31H35FN4O6/c1-19-14-36(20(2)17-37)30(38)25-13-24(34-31(39)33-23-7-5-22(32)6-8-23)9-11-26(25)42-29(19)16-35(3)15-21-4-10-27-28(12-21)41-18-40-27/h4-13,19-20,29,37H,14-18H2,1-3H3,(H2,33,34,39)/t19-,20-,29+/m1/s1. The molecule has 0 aromatic heterocycles. The number of aliphatic hydroxyl groups is 1. The molecule has 42 heavy (non-hydrogen) atoms. The van der Waals surface area contributed by atoms with Crippen molar-refractivity contribution in [1.82, 2.24) is 9.80 Å². The third-order valence-corrected chi connectivity index (χ3v) is 7.41. The molecule has 3 atom stereocenters. The number of halogens is 1. The Labute approximate surface area is 244 Å². The fourth-order valence-corrected chi connectivity index (χ4v) is 5.07. The minimum Gasteiger partial charge on any atom is -0.488 e.